The molecule has 0 radical (unpaired) electrons. The zero-order valence-corrected chi connectivity index (χ0v) is 25.7. The Morgan fingerprint density at radius 3 is 2.50 bits per heavy atom. The van der Waals surface area contributed by atoms with Crippen LogP contribution in [0, 0.1) is 18.3 Å². The zero-order chi connectivity index (χ0) is 31.1. The number of ether oxygens (including phenoxy) is 4. The van der Waals surface area contributed by atoms with Gasteiger partial charge in [0, 0.05) is 30.5 Å². The molecule has 0 unspecified atom stereocenters. The summed E-state index contributed by atoms with van der Waals surface area (Å²) in [4.78, 5) is 25.9. The van der Waals surface area contributed by atoms with Gasteiger partial charge in [0.15, 0.2) is 0 Å². The highest BCUT2D eigenvalue weighted by Crippen LogP contribution is 2.39. The number of aliphatic hydroxyl groups is 3. The van der Waals surface area contributed by atoms with Gasteiger partial charge in [-0.05, 0) is 48.7 Å². The average molecular weight is 628 g/mol. The summed E-state index contributed by atoms with van der Waals surface area (Å²) in [6, 6.07) is 6.76. The first-order chi connectivity index (χ1) is 20.0. The number of benzene rings is 1. The number of carbonyl (C=O) groups is 2. The number of hydrogen-bond acceptors (Lipinski definition) is 10. The van der Waals surface area contributed by atoms with Crippen molar-refractivity contribution < 1.29 is 43.9 Å². The lowest BCUT2D eigenvalue weighted by atomic mass is 9.80. The third kappa shape index (κ3) is 11.5. The largest absolute Gasteiger partial charge is 0.465 e. The Balaban J connectivity index is 2.06. The second kappa shape index (κ2) is 18.5. The SMILES string of the molecule is C#CCOCCCCCCO[C@]1(C(=O)OC)C[C@H](O)[C@@H](CC(C)=S)[C@H]([C@H](O)[C@H](O)CNC(=O)Cc2ccc(Cl)cc2)O1. The summed E-state index contributed by atoms with van der Waals surface area (Å²) in [6.07, 6.45) is 2.66. The maximum atomic E-state index is 12.9. The molecule has 234 valence electrons. The summed E-state index contributed by atoms with van der Waals surface area (Å²) < 4.78 is 22.2. The Kier molecular flexibility index (Phi) is 15.9. The van der Waals surface area contributed by atoms with Crippen LogP contribution >= 0.6 is 23.8 Å². The molecule has 42 heavy (non-hydrogen) atoms. The summed E-state index contributed by atoms with van der Waals surface area (Å²) in [6.45, 7) is 2.33. The van der Waals surface area contributed by atoms with E-state index in [0.717, 1.165) is 24.8 Å². The molecule has 1 aromatic carbocycles. The van der Waals surface area contributed by atoms with E-state index in [2.05, 4.69) is 11.2 Å². The minimum Gasteiger partial charge on any atom is -0.465 e. The predicted molar refractivity (Wildman–Crippen MR) is 161 cm³/mol. The molecule has 0 spiro atoms. The standard InChI is InChI=1S/C30H42ClNO9S/c1-4-13-39-14-7-5-6-8-15-40-30(29(37)38-3)18-24(33)23(16-20(2)42)28(41-30)27(36)25(34)19-32-26(35)17-21-9-11-22(31)12-10-21/h1,9-12,23-25,27-28,33-34,36H,5-8,13-19H2,2-3H3,(H,32,35)/t23-,24+,25-,27-,28-,30-/m1/s1. The van der Waals surface area contributed by atoms with E-state index >= 15 is 0 Å². The van der Waals surface area contributed by atoms with E-state index in [4.69, 9.17) is 49.2 Å². The second-order valence-electron chi connectivity index (χ2n) is 10.4. The molecule has 0 saturated carbocycles. The summed E-state index contributed by atoms with van der Waals surface area (Å²) >= 11 is 11.1. The molecule has 1 amide bonds. The van der Waals surface area contributed by atoms with Crippen molar-refractivity contribution in [3.05, 3.63) is 34.9 Å². The van der Waals surface area contributed by atoms with E-state index in [1.54, 1.807) is 31.2 Å². The first-order valence-electron chi connectivity index (χ1n) is 14.0. The van der Waals surface area contributed by atoms with Crippen molar-refractivity contribution in [2.45, 2.75) is 82.1 Å². The highest BCUT2D eigenvalue weighted by atomic mass is 35.5. The van der Waals surface area contributed by atoms with Crippen LogP contribution in [0.3, 0.4) is 0 Å². The quantitative estimate of drug-likeness (QED) is 0.0829. The molecule has 0 aliphatic carbocycles. The van der Waals surface area contributed by atoms with E-state index < -0.39 is 42.1 Å². The molecule has 1 aromatic rings. The zero-order valence-electron chi connectivity index (χ0n) is 24.1. The number of hydrogen-bond donors (Lipinski definition) is 4. The first-order valence-corrected chi connectivity index (χ1v) is 14.8. The Labute approximate surface area is 258 Å². The molecule has 1 fully saturated rings. The van der Waals surface area contributed by atoms with Crippen LogP contribution in [-0.2, 0) is 35.0 Å². The average Bonchev–Trinajstić information content (AvgIpc) is 2.96. The topological polar surface area (TPSA) is 144 Å². The maximum absolute atomic E-state index is 12.9. The Morgan fingerprint density at radius 1 is 1.21 bits per heavy atom. The van der Waals surface area contributed by atoms with E-state index in [1.807, 2.05) is 0 Å². The molecular formula is C30H42ClNO9S. The van der Waals surface area contributed by atoms with Crippen molar-refractivity contribution in [2.24, 2.45) is 5.92 Å². The van der Waals surface area contributed by atoms with Crippen molar-refractivity contribution in [2.75, 3.05) is 33.5 Å². The third-order valence-corrected chi connectivity index (χ3v) is 7.38. The molecule has 1 aliphatic rings. The number of rotatable bonds is 18. The Hall–Kier alpha value is -2.14. The smallest absolute Gasteiger partial charge is 0.366 e. The molecule has 12 heteroatoms. The van der Waals surface area contributed by atoms with Crippen LogP contribution in [0.15, 0.2) is 24.3 Å². The van der Waals surface area contributed by atoms with Crippen molar-refractivity contribution in [3.8, 4) is 12.3 Å². The van der Waals surface area contributed by atoms with E-state index in [0.29, 0.717) is 22.9 Å². The third-order valence-electron chi connectivity index (χ3n) is 6.96. The van der Waals surface area contributed by atoms with Gasteiger partial charge in [-0.3, -0.25) is 4.79 Å². The molecule has 0 aromatic heterocycles. The van der Waals surface area contributed by atoms with Gasteiger partial charge in [0.2, 0.25) is 5.91 Å². The van der Waals surface area contributed by atoms with Crippen LogP contribution in [0.5, 0.6) is 0 Å². The van der Waals surface area contributed by atoms with Crippen molar-refractivity contribution in [1.29, 1.82) is 0 Å². The number of carbonyl (C=O) groups excluding carboxylic acids is 2. The Morgan fingerprint density at radius 2 is 1.88 bits per heavy atom. The van der Waals surface area contributed by atoms with Gasteiger partial charge in [0.05, 0.1) is 38.4 Å². The molecule has 10 nitrogen and oxygen atoms in total. The molecule has 1 aliphatic heterocycles. The highest BCUT2D eigenvalue weighted by molar-refractivity contribution is 7.80. The number of halogens is 1. The summed E-state index contributed by atoms with van der Waals surface area (Å²) in [5.74, 6) is -1.59. The van der Waals surface area contributed by atoms with Crippen molar-refractivity contribution >= 4 is 40.6 Å². The molecule has 1 saturated heterocycles. The van der Waals surface area contributed by atoms with Crippen molar-refractivity contribution in [3.63, 3.8) is 0 Å². The van der Waals surface area contributed by atoms with E-state index in [-0.39, 0.29) is 44.9 Å². The lowest BCUT2D eigenvalue weighted by Gasteiger charge is -2.47. The number of aliphatic hydroxyl groups excluding tert-OH is 3. The van der Waals surface area contributed by atoms with Gasteiger partial charge >= 0.3 is 5.97 Å². The predicted octanol–water partition coefficient (Wildman–Crippen LogP) is 2.36. The number of unbranched alkanes of at least 4 members (excludes halogenated alkanes) is 3. The fourth-order valence-electron chi connectivity index (χ4n) is 4.78. The molecule has 1 heterocycles. The minimum absolute atomic E-state index is 0.0442. The van der Waals surface area contributed by atoms with Gasteiger partial charge in [-0.1, -0.05) is 54.7 Å². The Bertz CT molecular complexity index is 1050. The van der Waals surface area contributed by atoms with Crippen LogP contribution in [0.25, 0.3) is 0 Å². The number of methoxy groups -OCH3 is 1. The number of nitrogens with one attached hydrogen (secondary N) is 1. The van der Waals surface area contributed by atoms with E-state index in [1.165, 1.54) is 7.11 Å². The molecule has 4 N–H and O–H groups in total. The highest BCUT2D eigenvalue weighted by Gasteiger charge is 2.55. The minimum atomic E-state index is -2.00. The van der Waals surface area contributed by atoms with Crippen LogP contribution in [0.4, 0.5) is 0 Å². The summed E-state index contributed by atoms with van der Waals surface area (Å²) in [7, 11) is 1.17. The molecular weight excluding hydrogens is 586 g/mol. The van der Waals surface area contributed by atoms with Crippen LogP contribution in [0.1, 0.15) is 51.0 Å². The van der Waals surface area contributed by atoms with Gasteiger partial charge in [-0.25, -0.2) is 4.79 Å². The van der Waals surface area contributed by atoms with Gasteiger partial charge in [-0.2, -0.15) is 0 Å². The van der Waals surface area contributed by atoms with Gasteiger partial charge < -0.3 is 39.6 Å². The monoisotopic (exact) mass is 627 g/mol. The van der Waals surface area contributed by atoms with Crippen LogP contribution in [-0.4, -0.2) is 95.7 Å². The molecule has 6 atom stereocenters. The van der Waals surface area contributed by atoms with Gasteiger partial charge in [0.25, 0.3) is 5.79 Å². The number of esters is 1. The fraction of sp³-hybridized carbons (Fsp3) is 0.633. The lowest BCUT2D eigenvalue weighted by Crippen LogP contribution is -2.62. The summed E-state index contributed by atoms with van der Waals surface area (Å²) in [5.41, 5.74) is 0.722. The number of terminal acetylenes is 1. The normalized spacial score (nSPS) is 23.4. The van der Waals surface area contributed by atoms with Gasteiger partial charge in [0.1, 0.15) is 12.7 Å². The lowest BCUT2D eigenvalue weighted by molar-refractivity contribution is -0.319. The molecule has 0 bridgehead atoms. The first kappa shape index (κ1) is 36.1. The van der Waals surface area contributed by atoms with Crippen LogP contribution < -0.4 is 5.32 Å². The maximum Gasteiger partial charge on any atom is 0.366 e. The number of thiocarbonyl (C=S) groups is 1. The molecule has 2 rings (SSSR count). The van der Waals surface area contributed by atoms with Crippen molar-refractivity contribution in [1.82, 2.24) is 5.32 Å². The second-order valence-corrected chi connectivity index (χ2v) is 11.5. The van der Waals surface area contributed by atoms with Crippen LogP contribution in [0.2, 0.25) is 5.02 Å². The fourth-order valence-corrected chi connectivity index (χ4v) is 5.10. The summed E-state index contributed by atoms with van der Waals surface area (Å²) in [5, 5.41) is 36.2. The van der Waals surface area contributed by atoms with E-state index in [9.17, 15) is 24.9 Å². The van der Waals surface area contributed by atoms with Gasteiger partial charge in [-0.15, -0.1) is 6.42 Å². The number of amides is 1.